The zero-order valence-electron chi connectivity index (χ0n) is 4.23. The van der Waals surface area contributed by atoms with Gasteiger partial charge in [-0.3, -0.25) is 0 Å². The van der Waals surface area contributed by atoms with E-state index in [9.17, 15) is 0 Å². The van der Waals surface area contributed by atoms with Gasteiger partial charge in [0, 0.05) is 7.39 Å². The van der Waals surface area contributed by atoms with Gasteiger partial charge in [-0.05, 0) is 6.92 Å². The molecule has 0 saturated carbocycles. The van der Waals surface area contributed by atoms with Crippen LogP contribution in [0.4, 0.5) is 0 Å². The first-order valence-electron chi connectivity index (χ1n) is 1.96. The Bertz CT molecular complexity index is 40.5. The van der Waals surface area contributed by atoms with E-state index in [0.29, 0.717) is 0 Å². The van der Waals surface area contributed by atoms with Crippen LogP contribution in [-0.2, 0) is 0 Å². The maximum absolute atomic E-state index is 8.09. The minimum atomic E-state index is -1.15. The molecular formula is C3H9NO. The predicted octanol–water partition coefficient (Wildman–Crippen LogP) is -0.674. The molecule has 2 nitrogen and oxygen atoms in total. The molecule has 32 valence electrons. The van der Waals surface area contributed by atoms with Crippen LogP contribution in [0.2, 0.25) is 0 Å². The van der Waals surface area contributed by atoms with Gasteiger partial charge in [-0.1, -0.05) is 0 Å². The van der Waals surface area contributed by atoms with Crippen LogP contribution in [0.1, 0.15) is 8.29 Å². The van der Waals surface area contributed by atoms with Crippen LogP contribution < -0.4 is 5.73 Å². The molecular weight excluding hydrogens is 66.0 g/mol. The quantitative estimate of drug-likeness (QED) is 0.435. The minimum absolute atomic E-state index is 0.285. The zero-order chi connectivity index (χ0) is 5.21. The largest absolute Gasteiger partial charge is 0.395 e. The van der Waals surface area contributed by atoms with Crippen molar-refractivity contribution in [2.75, 3.05) is 6.61 Å². The molecule has 0 spiro atoms. The van der Waals surface area contributed by atoms with Gasteiger partial charge in [-0.15, -0.1) is 0 Å². The van der Waals surface area contributed by atoms with Gasteiger partial charge in [-0.25, -0.2) is 0 Å². The van der Waals surface area contributed by atoms with Crippen LogP contribution in [0.15, 0.2) is 0 Å². The van der Waals surface area contributed by atoms with Gasteiger partial charge in [0.25, 0.3) is 0 Å². The average molecular weight is 76.1 g/mol. The van der Waals surface area contributed by atoms with E-state index >= 15 is 0 Å². The molecule has 0 aromatic carbocycles. The van der Waals surface area contributed by atoms with Crippen molar-refractivity contribution in [2.45, 2.75) is 12.9 Å². The Kier molecular flexibility index (Phi) is 1.36. The van der Waals surface area contributed by atoms with Crippen molar-refractivity contribution in [3.63, 3.8) is 0 Å². The molecule has 0 aliphatic carbocycles. The van der Waals surface area contributed by atoms with Crippen LogP contribution in [0.5, 0.6) is 0 Å². The van der Waals surface area contributed by atoms with Crippen LogP contribution in [0, 0.1) is 0 Å². The van der Waals surface area contributed by atoms with E-state index in [0.717, 1.165) is 0 Å². The Hall–Kier alpha value is -0.0800. The highest BCUT2D eigenvalue weighted by molar-refractivity contribution is 4.43. The minimum Gasteiger partial charge on any atom is -0.395 e. The van der Waals surface area contributed by atoms with Crippen molar-refractivity contribution >= 4 is 0 Å². The maximum atomic E-state index is 8.09. The number of nitrogens with two attached hydrogens (primary N) is 1. The van der Waals surface area contributed by atoms with Crippen LogP contribution >= 0.6 is 0 Å². The first-order valence-corrected chi connectivity index (χ1v) is 1.46. The van der Waals surface area contributed by atoms with E-state index < -0.39 is 6.02 Å². The summed E-state index contributed by atoms with van der Waals surface area (Å²) >= 11 is 0. The third-order valence-electron chi connectivity index (χ3n) is 0.249. The number of hydrogen-bond donors (Lipinski definition) is 2. The summed E-state index contributed by atoms with van der Waals surface area (Å²) in [6.07, 6.45) is 0. The molecule has 0 aliphatic rings. The maximum Gasteiger partial charge on any atom is 0.0579 e. The molecule has 0 aromatic heterocycles. The van der Waals surface area contributed by atoms with Crippen molar-refractivity contribution in [3.05, 3.63) is 0 Å². The topological polar surface area (TPSA) is 46.2 Å². The van der Waals surface area contributed by atoms with Crippen molar-refractivity contribution in [2.24, 2.45) is 5.73 Å². The number of aliphatic hydroxyl groups is 1. The molecule has 0 aromatic rings. The molecule has 0 heterocycles. The lowest BCUT2D eigenvalue weighted by Crippen LogP contribution is -2.18. The summed E-state index contributed by atoms with van der Waals surface area (Å²) in [4.78, 5) is 0. The summed E-state index contributed by atoms with van der Waals surface area (Å²) in [6, 6.07) is -1.15. The summed E-state index contributed by atoms with van der Waals surface area (Å²) in [5.74, 6) is 0. The van der Waals surface area contributed by atoms with E-state index in [1.54, 1.807) is 0 Å². The fourth-order valence-electron chi connectivity index (χ4n) is 0. The first-order chi connectivity index (χ1) is 2.56. The van der Waals surface area contributed by atoms with E-state index in [2.05, 4.69) is 0 Å². The van der Waals surface area contributed by atoms with Crippen LogP contribution in [-0.4, -0.2) is 17.7 Å². The van der Waals surface area contributed by atoms with Crippen molar-refractivity contribution in [3.8, 4) is 0 Å². The summed E-state index contributed by atoms with van der Waals surface area (Å²) < 4.78 is 6.71. The predicted molar refractivity (Wildman–Crippen MR) is 20.7 cm³/mol. The summed E-state index contributed by atoms with van der Waals surface area (Å²) in [5, 5.41) is 8.09. The first kappa shape index (κ1) is 3.12. The van der Waals surface area contributed by atoms with E-state index in [-0.39, 0.29) is 6.61 Å². The molecule has 0 unspecified atom stereocenters. The highest BCUT2D eigenvalue weighted by atomic mass is 16.3. The third-order valence-corrected chi connectivity index (χ3v) is 0.249. The lowest BCUT2D eigenvalue weighted by atomic mass is 10.4. The summed E-state index contributed by atoms with van der Waals surface area (Å²) in [6.45, 7) is 1.15. The van der Waals surface area contributed by atoms with E-state index in [4.69, 9.17) is 12.2 Å². The highest BCUT2D eigenvalue weighted by Gasteiger charge is 1.81. The fourth-order valence-corrected chi connectivity index (χ4v) is 0. The normalized spacial score (nSPS) is 24.2. The summed E-state index contributed by atoms with van der Waals surface area (Å²) in [5.41, 5.74) is 4.95. The van der Waals surface area contributed by atoms with Gasteiger partial charge in [0.2, 0.25) is 0 Å². The molecule has 2 heteroatoms. The Morgan fingerprint density at radius 1 is 2.40 bits per heavy atom. The Morgan fingerprint density at radius 3 is 2.60 bits per heavy atom. The number of aliphatic hydroxyl groups excluding tert-OH is 1. The molecule has 0 aliphatic heterocycles. The van der Waals surface area contributed by atoms with Crippen LogP contribution in [0.3, 0.4) is 0 Å². The molecule has 0 radical (unpaired) electrons. The second-order valence-electron chi connectivity index (χ2n) is 1.00. The number of rotatable bonds is 1. The monoisotopic (exact) mass is 76.1 g/mol. The molecule has 0 amide bonds. The Morgan fingerprint density at radius 2 is 2.60 bits per heavy atom. The molecule has 0 rings (SSSR count). The zero-order valence-corrected chi connectivity index (χ0v) is 3.23. The van der Waals surface area contributed by atoms with E-state index in [1.165, 1.54) is 6.92 Å². The van der Waals surface area contributed by atoms with Crippen molar-refractivity contribution in [1.82, 2.24) is 0 Å². The molecule has 3 N–H and O–H groups in total. The van der Waals surface area contributed by atoms with Crippen LogP contribution in [0.25, 0.3) is 0 Å². The van der Waals surface area contributed by atoms with Crippen molar-refractivity contribution < 1.29 is 6.48 Å². The van der Waals surface area contributed by atoms with Gasteiger partial charge >= 0.3 is 0 Å². The second kappa shape index (κ2) is 2.18. The second-order valence-corrected chi connectivity index (χ2v) is 1.00. The molecule has 0 bridgehead atoms. The Balaban J connectivity index is 3.17. The average Bonchev–Trinajstić information content (AvgIpc) is 1.35. The molecule has 0 fully saturated rings. The SMILES string of the molecule is [2H][C@@](C)(N)CO. The standard InChI is InChI=1S/C3H9NO/c1-3(4)2-5/h3,5H,2,4H2,1H3/t3-/m0/s1/i3D. The fraction of sp³-hybridized carbons (Fsp3) is 1.00. The lowest BCUT2D eigenvalue weighted by molar-refractivity contribution is 0.273. The molecule has 1 atom stereocenters. The highest BCUT2D eigenvalue weighted by Crippen LogP contribution is 1.62. The molecule has 0 saturated heterocycles. The lowest BCUT2D eigenvalue weighted by Gasteiger charge is -1.91. The van der Waals surface area contributed by atoms with Gasteiger partial charge < -0.3 is 10.8 Å². The van der Waals surface area contributed by atoms with Gasteiger partial charge in [0.1, 0.15) is 0 Å². The van der Waals surface area contributed by atoms with Gasteiger partial charge in [-0.2, -0.15) is 0 Å². The van der Waals surface area contributed by atoms with Gasteiger partial charge in [0.05, 0.1) is 6.61 Å². The third kappa shape index (κ3) is 3.92. The van der Waals surface area contributed by atoms with Gasteiger partial charge in [0.15, 0.2) is 0 Å². The van der Waals surface area contributed by atoms with E-state index in [1.807, 2.05) is 0 Å². The summed E-state index contributed by atoms with van der Waals surface area (Å²) in [7, 11) is 0. The smallest absolute Gasteiger partial charge is 0.0579 e. The Labute approximate surface area is 33.0 Å². The van der Waals surface area contributed by atoms with Crippen molar-refractivity contribution in [1.29, 1.82) is 0 Å². The number of hydrogen-bond acceptors (Lipinski definition) is 2. The molecule has 5 heavy (non-hydrogen) atoms.